The number of imidazole rings is 1. The minimum atomic E-state index is -0.645. The van der Waals surface area contributed by atoms with Crippen LogP contribution in [0, 0.1) is 0 Å². The number of ether oxygens (including phenoxy) is 1. The lowest BCUT2D eigenvalue weighted by Gasteiger charge is -2.12. The minimum Gasteiger partial charge on any atom is -0.467 e. The van der Waals surface area contributed by atoms with Crippen LogP contribution in [0.15, 0.2) is 47.5 Å². The smallest absolute Gasteiger partial charge is 0.329 e. The number of carbonyl (C=O) groups excluding carboxylic acids is 1. The maximum atomic E-state index is 13.0. The third kappa shape index (κ3) is 2.52. The van der Waals surface area contributed by atoms with Crippen molar-refractivity contribution in [3.05, 3.63) is 58.9 Å². The van der Waals surface area contributed by atoms with E-state index in [1.165, 1.54) is 17.9 Å². The highest BCUT2D eigenvalue weighted by molar-refractivity contribution is 5.75. The van der Waals surface area contributed by atoms with E-state index in [4.69, 9.17) is 4.74 Å². The first kappa shape index (κ1) is 16.3. The number of esters is 1. The molecule has 1 N–H and O–H groups in total. The molecule has 7 nitrogen and oxygen atoms in total. The molecule has 0 unspecified atom stereocenters. The van der Waals surface area contributed by atoms with Gasteiger partial charge in [0.05, 0.1) is 19.0 Å². The third-order valence-corrected chi connectivity index (χ3v) is 4.74. The van der Waals surface area contributed by atoms with E-state index in [1.54, 1.807) is 6.20 Å². The molecule has 2 atom stereocenters. The largest absolute Gasteiger partial charge is 0.467 e. The minimum absolute atomic E-state index is 0.0114. The van der Waals surface area contributed by atoms with Crippen molar-refractivity contribution < 1.29 is 9.53 Å². The highest BCUT2D eigenvalue weighted by Crippen LogP contribution is 2.34. The van der Waals surface area contributed by atoms with Gasteiger partial charge in [-0.3, -0.25) is 9.36 Å². The molecule has 132 valence electrons. The van der Waals surface area contributed by atoms with Gasteiger partial charge in [0.25, 0.3) is 5.56 Å². The Morgan fingerprint density at radius 3 is 2.73 bits per heavy atom. The highest BCUT2D eigenvalue weighted by Gasteiger charge is 2.36. The zero-order valence-corrected chi connectivity index (χ0v) is 14.5. The van der Waals surface area contributed by atoms with E-state index in [-0.39, 0.29) is 11.5 Å². The van der Waals surface area contributed by atoms with Crippen molar-refractivity contribution in [2.45, 2.75) is 25.3 Å². The van der Waals surface area contributed by atoms with Gasteiger partial charge in [0, 0.05) is 12.1 Å². The van der Waals surface area contributed by atoms with E-state index in [2.05, 4.69) is 15.0 Å². The molecule has 0 saturated carbocycles. The molecule has 0 saturated heterocycles. The molecule has 1 aliphatic rings. The summed E-state index contributed by atoms with van der Waals surface area (Å²) in [5.74, 6) is 0.613. The van der Waals surface area contributed by atoms with Gasteiger partial charge in [-0.15, -0.1) is 0 Å². The maximum absolute atomic E-state index is 13.0. The van der Waals surface area contributed by atoms with Crippen LogP contribution in [0.3, 0.4) is 0 Å². The van der Waals surface area contributed by atoms with Crippen LogP contribution in [-0.4, -0.2) is 32.6 Å². The average Bonchev–Trinajstić information content (AvgIpc) is 3.28. The molecule has 26 heavy (non-hydrogen) atoms. The van der Waals surface area contributed by atoms with Crippen molar-refractivity contribution in [3.63, 3.8) is 0 Å². The first-order valence-electron chi connectivity index (χ1n) is 8.40. The number of nitrogens with one attached hydrogen (secondary N) is 1. The predicted octanol–water partition coefficient (Wildman–Crippen LogP) is 2.52. The summed E-state index contributed by atoms with van der Waals surface area (Å²) >= 11 is 0. The van der Waals surface area contributed by atoms with Gasteiger partial charge in [-0.2, -0.15) is 0 Å². The number of methoxy groups -OCH3 is 1. The van der Waals surface area contributed by atoms with Gasteiger partial charge in [0.2, 0.25) is 0 Å². The Balaban J connectivity index is 1.79. The van der Waals surface area contributed by atoms with Gasteiger partial charge in [-0.05, 0) is 12.0 Å². The number of H-pyrrole nitrogens is 1. The highest BCUT2D eigenvalue weighted by atomic mass is 16.5. The van der Waals surface area contributed by atoms with Crippen LogP contribution < -0.4 is 5.56 Å². The summed E-state index contributed by atoms with van der Waals surface area (Å²) in [5, 5.41) is 0. The normalized spacial score (nSPS) is 18.5. The van der Waals surface area contributed by atoms with E-state index in [1.807, 2.05) is 37.3 Å². The number of hydrogen-bond acceptors (Lipinski definition) is 5. The van der Waals surface area contributed by atoms with Gasteiger partial charge >= 0.3 is 5.97 Å². The molecule has 2 aromatic heterocycles. The van der Waals surface area contributed by atoms with Crippen molar-refractivity contribution in [1.29, 1.82) is 0 Å². The molecule has 0 bridgehead atoms. The lowest BCUT2D eigenvalue weighted by molar-refractivity contribution is -0.144. The number of carbonyl (C=O) groups is 1. The Morgan fingerprint density at radius 1 is 1.23 bits per heavy atom. The SMILES string of the molecule is COC(=O)[C@@H]1C[C@@H](C)c2ncc(-c3ncc(-c4ccccc4)[nH]3)c(=O)n21. The fourth-order valence-electron chi connectivity index (χ4n) is 3.42. The van der Waals surface area contributed by atoms with Crippen LogP contribution >= 0.6 is 0 Å². The second-order valence-corrected chi connectivity index (χ2v) is 6.39. The maximum Gasteiger partial charge on any atom is 0.329 e. The quantitative estimate of drug-likeness (QED) is 0.733. The molecule has 1 aliphatic heterocycles. The van der Waals surface area contributed by atoms with E-state index in [0.29, 0.717) is 23.6 Å². The Kier molecular flexibility index (Phi) is 3.91. The topological polar surface area (TPSA) is 89.9 Å². The number of fused-ring (bicyclic) bond motifs is 1. The summed E-state index contributed by atoms with van der Waals surface area (Å²) < 4.78 is 6.29. The van der Waals surface area contributed by atoms with Gasteiger partial charge < -0.3 is 9.72 Å². The summed E-state index contributed by atoms with van der Waals surface area (Å²) in [5.41, 5.74) is 1.83. The molecule has 4 rings (SSSR count). The zero-order chi connectivity index (χ0) is 18.3. The molecule has 3 heterocycles. The van der Waals surface area contributed by atoms with Crippen LogP contribution in [0.2, 0.25) is 0 Å². The molecular weight excluding hydrogens is 332 g/mol. The summed E-state index contributed by atoms with van der Waals surface area (Å²) in [6, 6.07) is 9.08. The van der Waals surface area contributed by atoms with Gasteiger partial charge in [0.15, 0.2) is 0 Å². The first-order chi connectivity index (χ1) is 12.6. The molecular formula is C19H18N4O3. The average molecular weight is 350 g/mol. The molecule has 0 spiro atoms. The molecule has 3 aromatic rings. The lowest BCUT2D eigenvalue weighted by atomic mass is 10.1. The lowest BCUT2D eigenvalue weighted by Crippen LogP contribution is -2.30. The van der Waals surface area contributed by atoms with Crippen LogP contribution in [0.1, 0.15) is 31.1 Å². The Morgan fingerprint density at radius 2 is 2.00 bits per heavy atom. The number of benzene rings is 1. The summed E-state index contributed by atoms with van der Waals surface area (Å²) in [7, 11) is 1.33. The molecule has 7 heteroatoms. The summed E-state index contributed by atoms with van der Waals surface area (Å²) in [6.45, 7) is 1.95. The van der Waals surface area contributed by atoms with Crippen LogP contribution in [-0.2, 0) is 9.53 Å². The predicted molar refractivity (Wildman–Crippen MR) is 95.6 cm³/mol. The fraction of sp³-hybridized carbons (Fsp3) is 0.263. The van der Waals surface area contributed by atoms with Gasteiger partial charge in [0.1, 0.15) is 23.3 Å². The van der Waals surface area contributed by atoms with E-state index >= 15 is 0 Å². The summed E-state index contributed by atoms with van der Waals surface area (Å²) in [4.78, 5) is 37.0. The molecule has 0 radical (unpaired) electrons. The van der Waals surface area contributed by atoms with Crippen molar-refractivity contribution in [1.82, 2.24) is 19.5 Å². The van der Waals surface area contributed by atoms with Gasteiger partial charge in [-0.1, -0.05) is 37.3 Å². The molecule has 0 fully saturated rings. The third-order valence-electron chi connectivity index (χ3n) is 4.74. The van der Waals surface area contributed by atoms with E-state index < -0.39 is 12.0 Å². The molecule has 1 aromatic carbocycles. The van der Waals surface area contributed by atoms with Crippen LogP contribution in [0.5, 0.6) is 0 Å². The van der Waals surface area contributed by atoms with Crippen molar-refractivity contribution in [2.75, 3.05) is 7.11 Å². The number of hydrogen-bond donors (Lipinski definition) is 1. The standard InChI is InChI=1S/C19H18N4O3/c1-11-8-15(19(25)26-2)23-17(11)21-9-13(18(23)24)16-20-10-14(22-16)12-6-4-3-5-7-12/h3-7,9-11,15H,8H2,1-2H3,(H,20,22)/t11-,15+/m1/s1. The van der Waals surface area contributed by atoms with Crippen LogP contribution in [0.4, 0.5) is 0 Å². The molecule has 0 aliphatic carbocycles. The molecule has 0 amide bonds. The fourth-order valence-corrected chi connectivity index (χ4v) is 3.42. The Bertz CT molecular complexity index is 1020. The number of rotatable bonds is 3. The number of aromatic nitrogens is 4. The number of aromatic amines is 1. The van der Waals surface area contributed by atoms with E-state index in [9.17, 15) is 9.59 Å². The van der Waals surface area contributed by atoms with Gasteiger partial charge in [-0.25, -0.2) is 14.8 Å². The monoisotopic (exact) mass is 350 g/mol. The second kappa shape index (κ2) is 6.25. The van der Waals surface area contributed by atoms with E-state index in [0.717, 1.165) is 11.3 Å². The zero-order valence-electron chi connectivity index (χ0n) is 14.5. The van der Waals surface area contributed by atoms with Crippen molar-refractivity contribution in [2.24, 2.45) is 0 Å². The van der Waals surface area contributed by atoms with Crippen molar-refractivity contribution >= 4 is 5.97 Å². The summed E-state index contributed by atoms with van der Waals surface area (Å²) in [6.07, 6.45) is 3.71. The Labute approximate surface area is 149 Å². The number of nitrogens with zero attached hydrogens (tertiary/aromatic N) is 3. The van der Waals surface area contributed by atoms with Crippen molar-refractivity contribution in [3.8, 4) is 22.6 Å². The van der Waals surface area contributed by atoms with Crippen LogP contribution in [0.25, 0.3) is 22.6 Å². The second-order valence-electron chi connectivity index (χ2n) is 6.39. The first-order valence-corrected chi connectivity index (χ1v) is 8.40. The Hall–Kier alpha value is -3.22.